The normalized spacial score (nSPS) is 18.3. The molecule has 1 aliphatic heterocycles. The van der Waals surface area contributed by atoms with Crippen LogP contribution in [-0.4, -0.2) is 76.7 Å². The summed E-state index contributed by atoms with van der Waals surface area (Å²) in [6, 6.07) is 5.92. The van der Waals surface area contributed by atoms with E-state index < -0.39 is 9.84 Å². The van der Waals surface area contributed by atoms with Gasteiger partial charge < -0.3 is 15.4 Å². The van der Waals surface area contributed by atoms with Gasteiger partial charge in [0.15, 0.2) is 15.8 Å². The van der Waals surface area contributed by atoms with Crippen LogP contribution in [0, 0.1) is 5.82 Å². The zero-order chi connectivity index (χ0) is 19.0. The van der Waals surface area contributed by atoms with E-state index >= 15 is 0 Å². The van der Waals surface area contributed by atoms with E-state index in [9.17, 15) is 12.8 Å². The maximum Gasteiger partial charge on any atom is 0.191 e. The molecule has 7 nitrogen and oxygen atoms in total. The molecule has 1 fully saturated rings. The van der Waals surface area contributed by atoms with Crippen LogP contribution in [0.4, 0.5) is 4.39 Å². The number of benzene rings is 1. The largest absolute Gasteiger partial charge is 0.489 e. The first-order chi connectivity index (χ1) is 12.4. The highest BCUT2D eigenvalue weighted by atomic mass is 127. The first-order valence-electron chi connectivity index (χ1n) is 8.67. The minimum Gasteiger partial charge on any atom is -0.489 e. The van der Waals surface area contributed by atoms with Crippen LogP contribution in [0.2, 0.25) is 0 Å². The highest BCUT2D eigenvalue weighted by molar-refractivity contribution is 14.0. The smallest absolute Gasteiger partial charge is 0.191 e. The Morgan fingerprint density at radius 2 is 1.89 bits per heavy atom. The van der Waals surface area contributed by atoms with Crippen molar-refractivity contribution in [2.75, 3.05) is 51.3 Å². The zero-order valence-corrected chi connectivity index (χ0v) is 18.8. The summed E-state index contributed by atoms with van der Waals surface area (Å²) in [5.41, 5.74) is 0. The van der Waals surface area contributed by atoms with Crippen molar-refractivity contribution >= 4 is 39.8 Å². The van der Waals surface area contributed by atoms with Crippen molar-refractivity contribution in [1.82, 2.24) is 15.5 Å². The van der Waals surface area contributed by atoms with Gasteiger partial charge in [0.25, 0.3) is 0 Å². The Hall–Kier alpha value is -1.14. The average Bonchev–Trinajstić information content (AvgIpc) is 2.61. The molecule has 0 aliphatic carbocycles. The summed E-state index contributed by atoms with van der Waals surface area (Å²) in [5.74, 6) is 1.45. The molecule has 0 radical (unpaired) electrons. The van der Waals surface area contributed by atoms with Crippen LogP contribution in [0.1, 0.15) is 6.92 Å². The van der Waals surface area contributed by atoms with Gasteiger partial charge in [-0.05, 0) is 31.2 Å². The summed E-state index contributed by atoms with van der Waals surface area (Å²) in [5, 5.41) is 6.38. The van der Waals surface area contributed by atoms with Gasteiger partial charge in [-0.25, -0.2) is 12.8 Å². The van der Waals surface area contributed by atoms with Crippen LogP contribution in [-0.2, 0) is 9.84 Å². The molecule has 1 heterocycles. The second-order valence-corrected chi connectivity index (χ2v) is 8.56. The molecule has 0 saturated carbocycles. The van der Waals surface area contributed by atoms with Gasteiger partial charge in [0.1, 0.15) is 17.7 Å². The van der Waals surface area contributed by atoms with Crippen molar-refractivity contribution in [3.05, 3.63) is 30.1 Å². The Morgan fingerprint density at radius 3 is 2.48 bits per heavy atom. The van der Waals surface area contributed by atoms with Crippen molar-refractivity contribution in [3.63, 3.8) is 0 Å². The van der Waals surface area contributed by atoms with E-state index in [1.165, 1.54) is 12.1 Å². The van der Waals surface area contributed by atoms with Crippen LogP contribution in [0.15, 0.2) is 29.3 Å². The summed E-state index contributed by atoms with van der Waals surface area (Å²) in [6.45, 7) is 5.05. The lowest BCUT2D eigenvalue weighted by molar-refractivity contribution is 0.223. The Balaban J connectivity index is 0.00000364. The van der Waals surface area contributed by atoms with Crippen LogP contribution in [0.25, 0.3) is 0 Å². The lowest BCUT2D eigenvalue weighted by Crippen LogP contribution is -2.47. The standard InChI is InChI=1S/C17H27FN4O3S.HI/c1-14(25-16-5-3-15(18)4-6-16)13-21-17(19-2)20-7-8-22-9-11-26(23,24)12-10-22;/h3-6,14H,7-13H2,1-2H3,(H2,19,20,21);1H. The minimum atomic E-state index is -2.84. The Morgan fingerprint density at radius 1 is 1.26 bits per heavy atom. The maximum atomic E-state index is 12.9. The van der Waals surface area contributed by atoms with E-state index in [1.54, 1.807) is 19.2 Å². The van der Waals surface area contributed by atoms with Gasteiger partial charge in [0.05, 0.1) is 18.1 Å². The molecule has 27 heavy (non-hydrogen) atoms. The van der Waals surface area contributed by atoms with Crippen molar-refractivity contribution in [1.29, 1.82) is 0 Å². The molecule has 1 atom stereocenters. The molecule has 2 N–H and O–H groups in total. The van der Waals surface area contributed by atoms with E-state index in [2.05, 4.69) is 20.5 Å². The molecule has 0 bridgehead atoms. The molecule has 1 aromatic carbocycles. The van der Waals surface area contributed by atoms with Gasteiger partial charge in [0.2, 0.25) is 0 Å². The number of nitrogens with zero attached hydrogens (tertiary/aromatic N) is 2. The lowest BCUT2D eigenvalue weighted by Gasteiger charge is -2.26. The first kappa shape index (κ1) is 23.9. The van der Waals surface area contributed by atoms with Gasteiger partial charge in [-0.3, -0.25) is 9.89 Å². The van der Waals surface area contributed by atoms with E-state index in [0.29, 0.717) is 37.9 Å². The van der Waals surface area contributed by atoms with Crippen LogP contribution in [0.3, 0.4) is 0 Å². The topological polar surface area (TPSA) is 83.0 Å². The highest BCUT2D eigenvalue weighted by Crippen LogP contribution is 2.12. The van der Waals surface area contributed by atoms with Crippen molar-refractivity contribution in [2.45, 2.75) is 13.0 Å². The second kappa shape index (κ2) is 11.6. The summed E-state index contributed by atoms with van der Waals surface area (Å²) in [7, 11) is -1.15. The second-order valence-electron chi connectivity index (χ2n) is 6.26. The number of ether oxygens (including phenoxy) is 1. The molecular formula is C17H28FIN4O3S. The van der Waals surface area contributed by atoms with Crippen LogP contribution in [0.5, 0.6) is 5.75 Å². The highest BCUT2D eigenvalue weighted by Gasteiger charge is 2.20. The molecule has 0 aromatic heterocycles. The SMILES string of the molecule is CN=C(NCCN1CCS(=O)(=O)CC1)NCC(C)Oc1ccc(F)cc1.I. The fraction of sp³-hybridized carbons (Fsp3) is 0.588. The number of hydrogen-bond acceptors (Lipinski definition) is 5. The van der Waals surface area contributed by atoms with Gasteiger partial charge in [0, 0.05) is 33.2 Å². The Kier molecular flexibility index (Phi) is 10.3. The fourth-order valence-electron chi connectivity index (χ4n) is 2.55. The van der Waals surface area contributed by atoms with Gasteiger partial charge in [-0.15, -0.1) is 24.0 Å². The predicted octanol–water partition coefficient (Wildman–Crippen LogP) is 1.11. The number of nitrogens with one attached hydrogen (secondary N) is 2. The molecule has 1 aromatic rings. The average molecular weight is 514 g/mol. The molecule has 1 aliphatic rings. The number of rotatable bonds is 7. The Bertz CT molecular complexity index is 687. The molecular weight excluding hydrogens is 486 g/mol. The van der Waals surface area contributed by atoms with Gasteiger partial charge in [-0.1, -0.05) is 0 Å². The third-order valence-corrected chi connectivity index (χ3v) is 5.70. The van der Waals surface area contributed by atoms with E-state index in [1.807, 2.05) is 6.92 Å². The minimum absolute atomic E-state index is 0. The molecule has 2 rings (SSSR count). The van der Waals surface area contributed by atoms with Crippen molar-refractivity contribution < 1.29 is 17.5 Å². The third kappa shape index (κ3) is 9.06. The summed E-state index contributed by atoms with van der Waals surface area (Å²) in [6.07, 6.45) is -0.119. The quantitative estimate of drug-likeness (QED) is 0.323. The monoisotopic (exact) mass is 514 g/mol. The Labute approximate surface area is 177 Å². The zero-order valence-electron chi connectivity index (χ0n) is 15.7. The molecule has 10 heteroatoms. The van der Waals surface area contributed by atoms with Gasteiger partial charge in [-0.2, -0.15) is 0 Å². The first-order valence-corrected chi connectivity index (χ1v) is 10.5. The molecule has 1 saturated heterocycles. The number of halogens is 2. The molecule has 0 amide bonds. The number of sulfone groups is 1. The summed E-state index contributed by atoms with van der Waals surface area (Å²) in [4.78, 5) is 6.29. The van der Waals surface area contributed by atoms with E-state index in [0.717, 1.165) is 6.54 Å². The van der Waals surface area contributed by atoms with Crippen LogP contribution >= 0.6 is 24.0 Å². The summed E-state index contributed by atoms with van der Waals surface area (Å²) >= 11 is 0. The number of guanidine groups is 1. The fourth-order valence-corrected chi connectivity index (χ4v) is 3.83. The predicted molar refractivity (Wildman–Crippen MR) is 116 cm³/mol. The van der Waals surface area contributed by atoms with Crippen molar-refractivity contribution in [3.8, 4) is 5.75 Å². The third-order valence-electron chi connectivity index (χ3n) is 4.09. The number of aliphatic imine (C=N–C) groups is 1. The molecule has 154 valence electrons. The van der Waals surface area contributed by atoms with E-state index in [4.69, 9.17) is 4.74 Å². The van der Waals surface area contributed by atoms with Crippen LogP contribution < -0.4 is 15.4 Å². The summed E-state index contributed by atoms with van der Waals surface area (Å²) < 4.78 is 41.4. The number of hydrogen-bond donors (Lipinski definition) is 2. The molecule has 1 unspecified atom stereocenters. The lowest BCUT2D eigenvalue weighted by atomic mass is 10.3. The van der Waals surface area contributed by atoms with E-state index in [-0.39, 0.29) is 47.4 Å². The maximum absolute atomic E-state index is 12.9. The van der Waals surface area contributed by atoms with Gasteiger partial charge >= 0.3 is 0 Å². The van der Waals surface area contributed by atoms with Crippen molar-refractivity contribution in [2.24, 2.45) is 4.99 Å². The molecule has 0 spiro atoms.